The highest BCUT2D eigenvalue weighted by atomic mass is 16.2. The molecule has 0 spiro atoms. The monoisotopic (exact) mass is 239 g/mol. The smallest absolute Gasteiger partial charge is 0.240 e. The van der Waals surface area contributed by atoms with Gasteiger partial charge in [-0.25, -0.2) is 0 Å². The number of hydrogen-bond acceptors (Lipinski definition) is 3. The summed E-state index contributed by atoms with van der Waals surface area (Å²) in [6.45, 7) is 4.09. The predicted octanol–water partition coefficient (Wildman–Crippen LogP) is 0.860. The van der Waals surface area contributed by atoms with Gasteiger partial charge in [0.15, 0.2) is 0 Å². The summed E-state index contributed by atoms with van der Waals surface area (Å²) >= 11 is 0. The van der Waals surface area contributed by atoms with Crippen molar-refractivity contribution in [3.8, 4) is 0 Å². The Morgan fingerprint density at radius 2 is 1.76 bits per heavy atom. The summed E-state index contributed by atoms with van der Waals surface area (Å²) in [6, 6.07) is 0. The zero-order chi connectivity index (χ0) is 12.1. The molecule has 0 unspecified atom stereocenters. The third-order valence-corrected chi connectivity index (χ3v) is 4.11. The van der Waals surface area contributed by atoms with Crippen LogP contribution in [-0.2, 0) is 4.79 Å². The van der Waals surface area contributed by atoms with Crippen molar-refractivity contribution >= 4 is 5.91 Å². The lowest BCUT2D eigenvalue weighted by Gasteiger charge is -2.36. The maximum Gasteiger partial charge on any atom is 0.240 e. The topological polar surface area (TPSA) is 58.4 Å². The maximum atomic E-state index is 11.8. The number of nitrogens with one attached hydrogen (secondary N) is 1. The number of likely N-dealkylation sites (tertiary alicyclic amines) is 1. The lowest BCUT2D eigenvalue weighted by atomic mass is 9.77. The molecule has 3 N–H and O–H groups in total. The Hall–Kier alpha value is -0.610. The number of amides is 1. The molecule has 2 fully saturated rings. The number of hydrogen-bond donors (Lipinski definition) is 2. The lowest BCUT2D eigenvalue weighted by molar-refractivity contribution is -0.129. The fourth-order valence-corrected chi connectivity index (χ4v) is 2.65. The van der Waals surface area contributed by atoms with E-state index in [-0.39, 0.29) is 5.91 Å². The number of carbonyl (C=O) groups is 1. The summed E-state index contributed by atoms with van der Waals surface area (Å²) in [5, 5.41) is 2.99. The summed E-state index contributed by atoms with van der Waals surface area (Å²) in [6.07, 6.45) is 8.11. The van der Waals surface area contributed by atoms with Crippen LogP contribution in [0.1, 0.15) is 44.9 Å². The molecule has 1 saturated carbocycles. The molecule has 1 amide bonds. The van der Waals surface area contributed by atoms with Crippen LogP contribution in [0, 0.1) is 0 Å². The fraction of sp³-hybridized carbons (Fsp3) is 0.923. The molecule has 17 heavy (non-hydrogen) atoms. The van der Waals surface area contributed by atoms with Crippen molar-refractivity contribution in [3.63, 3.8) is 0 Å². The van der Waals surface area contributed by atoms with Crippen molar-refractivity contribution in [1.82, 2.24) is 10.2 Å². The molecule has 2 aliphatic rings. The Kier molecular flexibility index (Phi) is 4.40. The highest BCUT2D eigenvalue weighted by Crippen LogP contribution is 2.28. The Balaban J connectivity index is 1.63. The summed E-state index contributed by atoms with van der Waals surface area (Å²) in [7, 11) is 0. The molecule has 2 rings (SSSR count). The van der Waals surface area contributed by atoms with Gasteiger partial charge in [0.2, 0.25) is 5.91 Å². The van der Waals surface area contributed by atoms with Crippen molar-refractivity contribution < 1.29 is 4.79 Å². The van der Waals surface area contributed by atoms with Crippen LogP contribution in [-0.4, -0.2) is 42.5 Å². The zero-order valence-electron chi connectivity index (χ0n) is 10.7. The summed E-state index contributed by atoms with van der Waals surface area (Å²) in [4.78, 5) is 14.3. The van der Waals surface area contributed by atoms with E-state index in [1.165, 1.54) is 38.8 Å². The van der Waals surface area contributed by atoms with Crippen LogP contribution in [0.15, 0.2) is 0 Å². The van der Waals surface area contributed by atoms with Gasteiger partial charge in [0.25, 0.3) is 0 Å². The van der Waals surface area contributed by atoms with Gasteiger partial charge in [-0.1, -0.05) is 12.8 Å². The largest absolute Gasteiger partial charge is 0.353 e. The predicted molar refractivity (Wildman–Crippen MR) is 68.7 cm³/mol. The number of nitrogens with two attached hydrogens (primary N) is 1. The molecule has 1 aliphatic heterocycles. The molecule has 1 heterocycles. The number of rotatable bonds is 4. The Morgan fingerprint density at radius 3 is 2.29 bits per heavy atom. The molecule has 0 aromatic rings. The molecule has 4 nitrogen and oxygen atoms in total. The Bertz CT molecular complexity index is 255. The average Bonchev–Trinajstić information content (AvgIpc) is 2.54. The summed E-state index contributed by atoms with van der Waals surface area (Å²) in [5.41, 5.74) is 5.42. The van der Waals surface area contributed by atoms with E-state index in [0.29, 0.717) is 0 Å². The van der Waals surface area contributed by atoms with Crippen LogP contribution in [0.2, 0.25) is 0 Å². The fourth-order valence-electron chi connectivity index (χ4n) is 2.65. The Morgan fingerprint density at radius 1 is 1.12 bits per heavy atom. The summed E-state index contributed by atoms with van der Waals surface area (Å²) in [5.74, 6) is 0.0542. The number of nitrogens with zero attached hydrogens (tertiary/aromatic N) is 1. The van der Waals surface area contributed by atoms with Gasteiger partial charge in [0.05, 0.1) is 5.54 Å². The third kappa shape index (κ3) is 3.42. The second-order valence-corrected chi connectivity index (χ2v) is 5.52. The molecular formula is C13H25N3O. The molecule has 98 valence electrons. The Labute approximate surface area is 104 Å². The van der Waals surface area contributed by atoms with Crippen LogP contribution >= 0.6 is 0 Å². The van der Waals surface area contributed by atoms with Crippen molar-refractivity contribution in [1.29, 1.82) is 0 Å². The minimum Gasteiger partial charge on any atom is -0.353 e. The van der Waals surface area contributed by atoms with E-state index in [9.17, 15) is 4.79 Å². The minimum absolute atomic E-state index is 0.0542. The van der Waals surface area contributed by atoms with E-state index in [2.05, 4.69) is 10.2 Å². The first kappa shape index (κ1) is 12.8. The minimum atomic E-state index is -0.543. The van der Waals surface area contributed by atoms with Crippen molar-refractivity contribution in [2.75, 3.05) is 26.2 Å². The standard InChI is InChI=1S/C13H25N3O/c14-13(6-5-7-13)12(17)15-8-11-16-9-3-1-2-4-10-16/h1-11,14H2,(H,15,17). The van der Waals surface area contributed by atoms with E-state index in [1.807, 2.05) is 0 Å². The van der Waals surface area contributed by atoms with E-state index < -0.39 is 5.54 Å². The first-order chi connectivity index (χ1) is 8.21. The van der Waals surface area contributed by atoms with Crippen LogP contribution in [0.4, 0.5) is 0 Å². The highest BCUT2D eigenvalue weighted by molar-refractivity contribution is 5.86. The second-order valence-electron chi connectivity index (χ2n) is 5.52. The van der Waals surface area contributed by atoms with Gasteiger partial charge >= 0.3 is 0 Å². The van der Waals surface area contributed by atoms with E-state index in [4.69, 9.17) is 5.73 Å². The molecule has 1 saturated heterocycles. The van der Waals surface area contributed by atoms with Crippen LogP contribution in [0.3, 0.4) is 0 Å². The number of carbonyl (C=O) groups excluding carboxylic acids is 1. The molecule has 0 radical (unpaired) electrons. The summed E-state index contributed by atoms with van der Waals surface area (Å²) < 4.78 is 0. The van der Waals surface area contributed by atoms with Gasteiger partial charge in [0, 0.05) is 13.1 Å². The molecule has 0 aromatic carbocycles. The van der Waals surface area contributed by atoms with Crippen molar-refractivity contribution in [2.24, 2.45) is 5.73 Å². The first-order valence-corrected chi connectivity index (χ1v) is 7.00. The van der Waals surface area contributed by atoms with E-state index >= 15 is 0 Å². The van der Waals surface area contributed by atoms with Crippen LogP contribution in [0.5, 0.6) is 0 Å². The highest BCUT2D eigenvalue weighted by Gasteiger charge is 2.39. The van der Waals surface area contributed by atoms with Gasteiger partial charge in [-0.05, 0) is 45.2 Å². The van der Waals surface area contributed by atoms with Gasteiger partial charge < -0.3 is 16.0 Å². The van der Waals surface area contributed by atoms with Gasteiger partial charge in [0.1, 0.15) is 0 Å². The lowest BCUT2D eigenvalue weighted by Crippen LogP contribution is -2.59. The maximum absolute atomic E-state index is 11.8. The zero-order valence-corrected chi connectivity index (χ0v) is 10.7. The van der Waals surface area contributed by atoms with Crippen molar-refractivity contribution in [3.05, 3.63) is 0 Å². The van der Waals surface area contributed by atoms with Crippen LogP contribution in [0.25, 0.3) is 0 Å². The molecule has 0 aromatic heterocycles. The second kappa shape index (κ2) is 5.83. The van der Waals surface area contributed by atoms with E-state index in [1.54, 1.807) is 0 Å². The first-order valence-electron chi connectivity index (χ1n) is 7.00. The van der Waals surface area contributed by atoms with Gasteiger partial charge in [-0.15, -0.1) is 0 Å². The van der Waals surface area contributed by atoms with Gasteiger partial charge in [-0.2, -0.15) is 0 Å². The van der Waals surface area contributed by atoms with Gasteiger partial charge in [-0.3, -0.25) is 4.79 Å². The normalized spacial score (nSPS) is 24.8. The quantitative estimate of drug-likeness (QED) is 0.765. The third-order valence-electron chi connectivity index (χ3n) is 4.11. The molecule has 0 bridgehead atoms. The molecular weight excluding hydrogens is 214 g/mol. The molecule has 1 aliphatic carbocycles. The molecule has 4 heteroatoms. The average molecular weight is 239 g/mol. The van der Waals surface area contributed by atoms with E-state index in [0.717, 1.165) is 32.4 Å². The van der Waals surface area contributed by atoms with Crippen LogP contribution < -0.4 is 11.1 Å². The van der Waals surface area contributed by atoms with Crippen molar-refractivity contribution in [2.45, 2.75) is 50.5 Å². The SMILES string of the molecule is NC1(C(=O)NCCN2CCCCCC2)CCC1. The molecule has 0 atom stereocenters.